The van der Waals surface area contributed by atoms with E-state index in [2.05, 4.69) is 0 Å². The molecule has 0 unspecified atom stereocenters. The van der Waals surface area contributed by atoms with Crippen LogP contribution < -0.4 is 0 Å². The second-order valence-corrected chi connectivity index (χ2v) is 4.27. The molecule has 0 aromatic carbocycles. The van der Waals surface area contributed by atoms with Gasteiger partial charge in [-0.15, -0.1) is 0 Å². The Balaban J connectivity index is 4.05. The summed E-state index contributed by atoms with van der Waals surface area (Å²) >= 11 is -2.68. The molecule has 0 radical (unpaired) electrons. The zero-order chi connectivity index (χ0) is 6.73. The van der Waals surface area contributed by atoms with Crippen LogP contribution in [0.15, 0.2) is 0 Å². The summed E-state index contributed by atoms with van der Waals surface area (Å²) in [6.07, 6.45) is 0. The average molecular weight is 209 g/mol. The van der Waals surface area contributed by atoms with Gasteiger partial charge in [-0.1, -0.05) is 0 Å². The molecule has 0 fully saturated rings. The van der Waals surface area contributed by atoms with E-state index in [-0.39, 0.29) is 0 Å². The van der Waals surface area contributed by atoms with E-state index < -0.39 is 25.2 Å². The Morgan fingerprint density at radius 2 is 1.38 bits per heavy atom. The molecule has 3 nitrogen and oxygen atoms in total. The van der Waals surface area contributed by atoms with Crippen molar-refractivity contribution in [3.05, 3.63) is 0 Å². The van der Waals surface area contributed by atoms with Crippen LogP contribution >= 0.6 is 0 Å². The molecule has 8 heavy (non-hydrogen) atoms. The second kappa shape index (κ2) is 2.96. The van der Waals surface area contributed by atoms with Crippen molar-refractivity contribution >= 4 is 8.51 Å². The Bertz CT molecular complexity index is 133. The molecular weight excluding hydrogens is 202 g/mol. The van der Waals surface area contributed by atoms with Gasteiger partial charge in [-0.2, -0.15) is 0 Å². The van der Waals surface area contributed by atoms with Gasteiger partial charge in [0.25, 0.3) is 0 Å². The Hall–Kier alpha value is -0.198. The predicted molar refractivity (Wildman–Crippen MR) is 22.0 cm³/mol. The van der Waals surface area contributed by atoms with Gasteiger partial charge in [0.1, 0.15) is 0 Å². The van der Waals surface area contributed by atoms with Crippen molar-refractivity contribution < 1.29 is 29.8 Å². The second-order valence-electron chi connectivity index (χ2n) is 1.06. The van der Waals surface area contributed by atoms with Crippen molar-refractivity contribution in [2.75, 3.05) is 0 Å². The van der Waals surface area contributed by atoms with E-state index in [1.165, 1.54) is 0 Å². The van der Waals surface area contributed by atoms with Crippen molar-refractivity contribution in [2.45, 2.75) is 13.8 Å². The molecule has 0 bridgehead atoms. The zero-order valence-electron chi connectivity index (χ0n) is 4.54. The molecule has 0 amide bonds. The van der Waals surface area contributed by atoms with Crippen LogP contribution in [0.5, 0.6) is 0 Å². The van der Waals surface area contributed by atoms with Crippen LogP contribution in [0.4, 0.5) is 0 Å². The monoisotopic (exact) mass is 208 g/mol. The molecule has 0 N–H and O–H groups in total. The number of carbonyl (C=O) groups excluding carboxylic acids is 2. The van der Waals surface area contributed by atoms with E-state index in [1.54, 1.807) is 0 Å². The molecule has 0 atom stereocenters. The summed E-state index contributed by atoms with van der Waals surface area (Å²) in [7, 11) is 0. The molecule has 50 valence electrons. The van der Waals surface area contributed by atoms with Gasteiger partial charge in [-0.3, -0.25) is 0 Å². The average Bonchev–Trinajstić information content (AvgIpc) is 1.64. The first-order chi connectivity index (χ1) is 3.55. The molecule has 0 saturated heterocycles. The first kappa shape index (κ1) is 7.80. The SMILES string of the molecule is C[C](=O)[Pd](=[O])[C](C)=O. The van der Waals surface area contributed by atoms with Crippen molar-refractivity contribution in [3.8, 4) is 0 Å². The molecule has 0 aromatic heterocycles. The van der Waals surface area contributed by atoms with E-state index in [1.807, 2.05) is 0 Å². The van der Waals surface area contributed by atoms with Gasteiger partial charge >= 0.3 is 52.1 Å². The van der Waals surface area contributed by atoms with Crippen LogP contribution in [0.3, 0.4) is 0 Å². The van der Waals surface area contributed by atoms with Gasteiger partial charge < -0.3 is 0 Å². The molecule has 0 saturated carbocycles. The Labute approximate surface area is 52.7 Å². The van der Waals surface area contributed by atoms with E-state index in [4.69, 9.17) is 0 Å². The van der Waals surface area contributed by atoms with Gasteiger partial charge in [-0.25, -0.2) is 0 Å². The maximum absolute atomic E-state index is 10.3. The van der Waals surface area contributed by atoms with Gasteiger partial charge in [-0.05, 0) is 0 Å². The fourth-order valence-electron chi connectivity index (χ4n) is 0.157. The van der Waals surface area contributed by atoms with Gasteiger partial charge in [0.05, 0.1) is 0 Å². The summed E-state index contributed by atoms with van der Waals surface area (Å²) in [5.74, 6) is 0. The van der Waals surface area contributed by atoms with Crippen molar-refractivity contribution in [1.82, 2.24) is 0 Å². The summed E-state index contributed by atoms with van der Waals surface area (Å²) in [6, 6.07) is 0. The zero-order valence-corrected chi connectivity index (χ0v) is 6.10. The fourth-order valence-corrected chi connectivity index (χ4v) is 0.928. The van der Waals surface area contributed by atoms with Crippen LogP contribution in [0.25, 0.3) is 0 Å². The van der Waals surface area contributed by atoms with Crippen molar-refractivity contribution in [2.24, 2.45) is 0 Å². The van der Waals surface area contributed by atoms with Crippen LogP contribution in [0.2, 0.25) is 0 Å². The summed E-state index contributed by atoms with van der Waals surface area (Å²) in [6.45, 7) is 2.32. The van der Waals surface area contributed by atoms with Crippen molar-refractivity contribution in [3.63, 3.8) is 0 Å². The first-order valence-corrected chi connectivity index (χ1v) is 4.04. The topological polar surface area (TPSA) is 51.2 Å². The van der Waals surface area contributed by atoms with E-state index in [0.717, 1.165) is 13.8 Å². The molecule has 0 aliphatic heterocycles. The Morgan fingerprint density at radius 3 is 1.38 bits per heavy atom. The summed E-state index contributed by atoms with van der Waals surface area (Å²) in [5.41, 5.74) is 0. The summed E-state index contributed by atoms with van der Waals surface area (Å²) in [4.78, 5) is 20.2. The Kier molecular flexibility index (Phi) is 2.88. The third-order valence-electron chi connectivity index (χ3n) is 0.404. The molecule has 0 heterocycles. The molecule has 4 heteroatoms. The normalized spacial score (nSPS) is 10.5. The minimum atomic E-state index is -2.68. The van der Waals surface area contributed by atoms with E-state index in [9.17, 15) is 13.1 Å². The van der Waals surface area contributed by atoms with Crippen LogP contribution in [0, 0.1) is 0 Å². The number of carbonyl (C=O) groups is 2. The quantitative estimate of drug-likeness (QED) is 0.602. The Morgan fingerprint density at radius 1 is 1.12 bits per heavy atom. The van der Waals surface area contributed by atoms with E-state index >= 15 is 0 Å². The summed E-state index contributed by atoms with van der Waals surface area (Å²) < 4.78 is 9.35. The molecule has 0 aliphatic carbocycles. The molecular formula is C4H6O3Pd. The molecule has 0 spiro atoms. The van der Waals surface area contributed by atoms with Gasteiger partial charge in [0.2, 0.25) is 0 Å². The molecule has 0 aliphatic rings. The van der Waals surface area contributed by atoms with Crippen LogP contribution in [-0.2, 0) is 29.8 Å². The molecule has 0 aromatic rings. The standard InChI is InChI=1S/2C2H3O.O.Pd/c2*1-2-3;;/h2*1H3;;. The molecule has 0 rings (SSSR count). The number of hydrogen-bond donors (Lipinski definition) is 0. The van der Waals surface area contributed by atoms with Gasteiger partial charge in [0.15, 0.2) is 0 Å². The third kappa shape index (κ3) is 2.20. The van der Waals surface area contributed by atoms with Gasteiger partial charge in [0, 0.05) is 0 Å². The first-order valence-electron chi connectivity index (χ1n) is 1.85. The third-order valence-corrected chi connectivity index (χ3v) is 2.39. The van der Waals surface area contributed by atoms with Crippen molar-refractivity contribution in [1.29, 1.82) is 0 Å². The minimum absolute atomic E-state index is 0.497. The number of hydrogen-bond acceptors (Lipinski definition) is 3. The van der Waals surface area contributed by atoms with E-state index in [0.29, 0.717) is 0 Å². The number of rotatable bonds is 2. The fraction of sp³-hybridized carbons (Fsp3) is 0.500. The predicted octanol–water partition coefficient (Wildman–Crippen LogP) is 0.0431. The summed E-state index contributed by atoms with van der Waals surface area (Å²) in [5, 5.41) is 0. The maximum atomic E-state index is 10.3. The van der Waals surface area contributed by atoms with Crippen LogP contribution in [0.1, 0.15) is 13.8 Å². The van der Waals surface area contributed by atoms with Crippen LogP contribution in [-0.4, -0.2) is 8.51 Å².